The van der Waals surface area contributed by atoms with Crippen molar-refractivity contribution in [3.8, 4) is 68.2 Å². The molecule has 12 rings (SSSR count). The van der Waals surface area contributed by atoms with Crippen LogP contribution in [0.5, 0.6) is 46.0 Å². The van der Waals surface area contributed by atoms with Gasteiger partial charge in [-0.2, -0.15) is 16.8 Å². The van der Waals surface area contributed by atoms with E-state index in [1.54, 1.807) is 118 Å². The Balaban J connectivity index is 0.861. The molecule has 3 unspecified atom stereocenters. The highest BCUT2D eigenvalue weighted by Crippen LogP contribution is 2.59. The average molecular weight is 1520 g/mol. The summed E-state index contributed by atoms with van der Waals surface area (Å²) in [5.41, 5.74) is 0.229. The molecule has 0 radical (unpaired) electrons. The Morgan fingerprint density at radius 3 is 1.25 bits per heavy atom. The van der Waals surface area contributed by atoms with Crippen molar-refractivity contribution in [2.45, 2.75) is 159 Å². The molecule has 2 N–H and O–H groups in total. The lowest BCUT2D eigenvalue weighted by Gasteiger charge is -2.48. The largest absolute Gasteiger partial charge is 0.487 e. The van der Waals surface area contributed by atoms with Gasteiger partial charge in [0.2, 0.25) is 19.7 Å². The van der Waals surface area contributed by atoms with Crippen molar-refractivity contribution >= 4 is 75.9 Å². The van der Waals surface area contributed by atoms with E-state index < -0.39 is 102 Å². The monoisotopic (exact) mass is 1520 g/mol. The predicted molar refractivity (Wildman–Crippen MR) is 403 cm³/mol. The van der Waals surface area contributed by atoms with Gasteiger partial charge in [-0.15, -0.1) is 0 Å². The molecule has 0 amide bonds. The van der Waals surface area contributed by atoms with E-state index in [1.165, 1.54) is 36.4 Å². The van der Waals surface area contributed by atoms with E-state index in [4.69, 9.17) is 28.0 Å². The zero-order chi connectivity index (χ0) is 74.8. The minimum Gasteiger partial charge on any atom is -0.487 e. The Bertz CT molecular complexity index is 5600. The maximum Gasteiger partial charge on any atom is 0.311 e. The summed E-state index contributed by atoms with van der Waals surface area (Å²) in [7, 11) is -27.5. The molecule has 24 heteroatoms. The molecule has 10 aromatic carbocycles. The van der Waals surface area contributed by atoms with E-state index in [1.807, 2.05) is 103 Å². The highest BCUT2D eigenvalue weighted by Gasteiger charge is 2.50. The minimum atomic E-state index is -5.32. The molecule has 542 valence electrons. The first-order valence-corrected chi connectivity index (χ1v) is 43.2. The van der Waals surface area contributed by atoms with Gasteiger partial charge in [-0.25, -0.2) is 16.8 Å². The molecule has 3 atom stereocenters. The van der Waals surface area contributed by atoms with Crippen LogP contribution in [0.1, 0.15) is 119 Å². The minimum absolute atomic E-state index is 0.00827. The lowest BCUT2D eigenvalue weighted by atomic mass is 9.63. The molecule has 18 nitrogen and oxygen atoms in total. The maximum absolute atomic E-state index is 16.4. The Morgan fingerprint density at radius 2 is 0.779 bits per heavy atom. The van der Waals surface area contributed by atoms with Crippen LogP contribution in [-0.4, -0.2) is 54.0 Å². The number of fused-ring (bicyclic) bond motifs is 6. The van der Waals surface area contributed by atoms with Crippen LogP contribution < -0.4 is 49.2 Å². The van der Waals surface area contributed by atoms with Gasteiger partial charge < -0.3 is 28.0 Å². The van der Waals surface area contributed by atoms with Crippen molar-refractivity contribution in [2.75, 3.05) is 0 Å². The number of sulfone groups is 2. The van der Waals surface area contributed by atoms with Crippen molar-refractivity contribution < 1.29 is 79.9 Å². The lowest BCUT2D eigenvalue weighted by molar-refractivity contribution is -0.00752. The van der Waals surface area contributed by atoms with Gasteiger partial charge in [0.1, 0.15) is 62.1 Å². The van der Waals surface area contributed by atoms with Crippen LogP contribution >= 0.6 is 14.7 Å². The van der Waals surface area contributed by atoms with Crippen molar-refractivity contribution in [1.82, 2.24) is 0 Å². The molecular weight excluding hydrogens is 1440 g/mol. The SMILES string of the molecule is CCC(C)(CC)Oc1ccc(Oc2ccc(S(=O)(=O)c3ccc(C(CC)(CC)C(C)(CC)Oc4ccc(Oc5ccc(S(=O)(=O)c6ccc(C(C)(C)CC)c(S(=O)(=O)O)c6)cc5S(=O)(=O)O)cc4P4(=O)Oc5ccccc5-c5ccccc54)cc3)cc2)cc1P1(=O)Oc2ccccc2-c2ccccc21. The number of benzene rings is 10. The average Bonchev–Trinajstić information content (AvgIpc) is 0.741. The van der Waals surface area contributed by atoms with Crippen molar-refractivity contribution in [3.63, 3.8) is 0 Å². The van der Waals surface area contributed by atoms with E-state index in [-0.39, 0.29) is 37.9 Å². The smallest absolute Gasteiger partial charge is 0.311 e. The fourth-order valence-corrected chi connectivity index (χ4v) is 22.9. The lowest BCUT2D eigenvalue weighted by Crippen LogP contribution is -2.53. The van der Waals surface area contributed by atoms with Crippen LogP contribution in [0.4, 0.5) is 0 Å². The third kappa shape index (κ3) is 13.5. The first kappa shape index (κ1) is 74.9. The normalized spacial score (nSPS) is 16.6. The highest BCUT2D eigenvalue weighted by molar-refractivity contribution is 7.92. The third-order valence-corrected chi connectivity index (χ3v) is 31.0. The molecule has 0 saturated heterocycles. The Kier molecular flexibility index (Phi) is 20.1. The number of ether oxygens (including phenoxy) is 4. The van der Waals surface area contributed by atoms with Crippen LogP contribution in [0.3, 0.4) is 0 Å². The summed E-state index contributed by atoms with van der Waals surface area (Å²) in [6.07, 6.45) is 3.01. The maximum atomic E-state index is 16.4. The van der Waals surface area contributed by atoms with Crippen LogP contribution in [0.15, 0.2) is 248 Å². The van der Waals surface area contributed by atoms with E-state index in [0.717, 1.165) is 41.0 Å². The van der Waals surface area contributed by atoms with Crippen molar-refractivity contribution in [2.24, 2.45) is 0 Å². The Morgan fingerprint density at radius 1 is 0.375 bits per heavy atom. The van der Waals surface area contributed by atoms with Gasteiger partial charge in [-0.1, -0.05) is 146 Å². The van der Waals surface area contributed by atoms with E-state index in [2.05, 4.69) is 0 Å². The summed E-state index contributed by atoms with van der Waals surface area (Å²) in [6, 6.07) is 56.9. The second kappa shape index (κ2) is 27.9. The first-order valence-electron chi connectivity index (χ1n) is 34.1. The summed E-state index contributed by atoms with van der Waals surface area (Å²) < 4.78 is 203. The van der Waals surface area contributed by atoms with Gasteiger partial charge in [0, 0.05) is 16.5 Å². The number of para-hydroxylation sites is 2. The van der Waals surface area contributed by atoms with Crippen LogP contribution in [0.25, 0.3) is 22.3 Å². The number of hydrogen-bond acceptors (Lipinski definition) is 16. The van der Waals surface area contributed by atoms with Crippen LogP contribution in [0.2, 0.25) is 0 Å². The quantitative estimate of drug-likeness (QED) is 0.0398. The molecule has 2 aliphatic rings. The molecule has 0 aliphatic carbocycles. The topological polar surface area (TPSA) is 267 Å². The fraction of sp³-hybridized carbons (Fsp3) is 0.250. The second-order valence-electron chi connectivity index (χ2n) is 27.0. The molecule has 10 aromatic rings. The van der Waals surface area contributed by atoms with Gasteiger partial charge in [0.05, 0.1) is 45.7 Å². The molecule has 2 heterocycles. The molecule has 0 aromatic heterocycles. The summed E-state index contributed by atoms with van der Waals surface area (Å²) in [5, 5.41) is 1.11. The number of hydrogen-bond donors (Lipinski definition) is 2. The number of rotatable bonds is 25. The Labute approximate surface area is 608 Å². The van der Waals surface area contributed by atoms with Gasteiger partial charge in [0.25, 0.3) is 20.2 Å². The molecule has 0 saturated carbocycles. The fourth-order valence-electron chi connectivity index (χ4n) is 13.8. The molecule has 0 bridgehead atoms. The third-order valence-electron chi connectivity index (χ3n) is 20.8. The molecule has 0 fully saturated rings. The zero-order valence-corrected chi connectivity index (χ0v) is 64.0. The molecule has 104 heavy (non-hydrogen) atoms. The van der Waals surface area contributed by atoms with E-state index in [9.17, 15) is 42.8 Å². The van der Waals surface area contributed by atoms with Gasteiger partial charge >= 0.3 is 14.7 Å². The first-order chi connectivity index (χ1) is 49.2. The van der Waals surface area contributed by atoms with Crippen LogP contribution in [-0.2, 0) is 59.9 Å². The highest BCUT2D eigenvalue weighted by atomic mass is 32.2. The zero-order valence-electron chi connectivity index (χ0n) is 59.0. The van der Waals surface area contributed by atoms with E-state index in [0.29, 0.717) is 94.6 Å². The van der Waals surface area contributed by atoms with Gasteiger partial charge in [-0.3, -0.25) is 18.2 Å². The van der Waals surface area contributed by atoms with Crippen molar-refractivity contribution in [3.05, 3.63) is 230 Å². The van der Waals surface area contributed by atoms with E-state index >= 15 is 9.13 Å². The summed E-state index contributed by atoms with van der Waals surface area (Å²) in [6.45, 7) is 19.1. The summed E-state index contributed by atoms with van der Waals surface area (Å²) in [5.74, 6) is 1.13. The Hall–Kier alpha value is -8.82. The van der Waals surface area contributed by atoms with Gasteiger partial charge in [-0.05, 0) is 207 Å². The standard InChI is InChI=1S/C80H80O18P2S4/c1-11-77(7,8)65-45-43-59(51-75(65)103(87,88)89)102(85,86)60-44-48-70(76(52-60)104(90,91)92)94-56-38-47-69(74(50-56)100(82)72-32-24-20-28-64(72)62-26-18-22-30-67(62)98-100)96-79(10,14-4)80(15-5,16-6)53-33-39-57(40-34-53)101(83,84)58-41-35-54(36-42-58)93-55-37-46-68(95-78(9,12-2)13-3)73(49-55)99(81)71-31-23-19-27-63(71)61-25-17-21-29-66(61)97-99/h17-52H,11-16H2,1-10H3,(H,87,88,89)(H,90,91,92). The molecule has 0 spiro atoms. The second-order valence-corrected chi connectivity index (χ2v) is 38.1. The van der Waals surface area contributed by atoms with Crippen LogP contribution in [0, 0.1) is 0 Å². The van der Waals surface area contributed by atoms with Crippen molar-refractivity contribution in [1.29, 1.82) is 0 Å². The van der Waals surface area contributed by atoms with Gasteiger partial charge in [0.15, 0.2) is 0 Å². The summed E-state index contributed by atoms with van der Waals surface area (Å²) >= 11 is 0. The summed E-state index contributed by atoms with van der Waals surface area (Å²) in [4.78, 5) is -2.92. The molecule has 2 aliphatic heterocycles. The molecular formula is C80H80O18P2S4. The predicted octanol–water partition coefficient (Wildman–Crippen LogP) is 18.0.